The lowest BCUT2D eigenvalue weighted by atomic mass is 9.80. The third-order valence-electron chi connectivity index (χ3n) is 8.24. The molecule has 1 atom stereocenters. The molecule has 11 heteroatoms. The molecular weight excluding hydrogens is 557 g/mol. The molecule has 3 aromatic rings. The van der Waals surface area contributed by atoms with Gasteiger partial charge < -0.3 is 24.4 Å². The zero-order valence-corrected chi connectivity index (χ0v) is 24.9. The lowest BCUT2D eigenvalue weighted by Gasteiger charge is -2.45. The second-order valence-electron chi connectivity index (χ2n) is 12.4. The van der Waals surface area contributed by atoms with Gasteiger partial charge in [0.25, 0.3) is 0 Å². The predicted molar refractivity (Wildman–Crippen MR) is 157 cm³/mol. The number of halogens is 3. The van der Waals surface area contributed by atoms with Gasteiger partial charge in [0, 0.05) is 57.2 Å². The van der Waals surface area contributed by atoms with Gasteiger partial charge in [-0.3, -0.25) is 4.98 Å². The second-order valence-corrected chi connectivity index (χ2v) is 12.4. The molecule has 1 aromatic carbocycles. The summed E-state index contributed by atoms with van der Waals surface area (Å²) in [5, 5.41) is 13.5. The van der Waals surface area contributed by atoms with Gasteiger partial charge in [-0.2, -0.15) is 18.4 Å². The molecule has 1 amide bonds. The summed E-state index contributed by atoms with van der Waals surface area (Å²) in [4.78, 5) is 21.2. The molecule has 0 bridgehead atoms. The van der Waals surface area contributed by atoms with E-state index >= 15 is 0 Å². The van der Waals surface area contributed by atoms with E-state index in [0.29, 0.717) is 44.7 Å². The van der Waals surface area contributed by atoms with Crippen molar-refractivity contribution in [3.05, 3.63) is 71.5 Å². The molecule has 5 rings (SSSR count). The van der Waals surface area contributed by atoms with E-state index in [2.05, 4.69) is 11.4 Å². The van der Waals surface area contributed by atoms with E-state index in [4.69, 9.17) is 9.72 Å². The second kappa shape index (κ2) is 11.6. The maximum atomic E-state index is 13.3. The maximum Gasteiger partial charge on any atom is 0.416 e. The summed E-state index contributed by atoms with van der Waals surface area (Å²) in [6, 6.07) is 13.4. The third kappa shape index (κ3) is 6.64. The quantitative estimate of drug-likeness (QED) is 0.386. The zero-order valence-electron chi connectivity index (χ0n) is 24.9. The predicted octanol–water partition coefficient (Wildman–Crippen LogP) is 6.07. The molecular formula is C32H37F3N6O2. The van der Waals surface area contributed by atoms with Crippen molar-refractivity contribution in [2.24, 2.45) is 7.05 Å². The Balaban J connectivity index is 1.39. The first-order valence-corrected chi connectivity index (χ1v) is 14.5. The summed E-state index contributed by atoms with van der Waals surface area (Å²) in [7, 11) is 1.97. The van der Waals surface area contributed by atoms with Crippen LogP contribution in [0.2, 0.25) is 0 Å². The van der Waals surface area contributed by atoms with E-state index in [1.54, 1.807) is 4.90 Å². The Hall–Kier alpha value is -4.04. The van der Waals surface area contributed by atoms with Crippen molar-refractivity contribution in [1.82, 2.24) is 19.8 Å². The number of ether oxygens (including phenoxy) is 1. The number of alkyl halides is 3. The van der Waals surface area contributed by atoms with Crippen molar-refractivity contribution in [2.45, 2.75) is 63.4 Å². The highest BCUT2D eigenvalue weighted by molar-refractivity contribution is 5.68. The number of amides is 1. The fourth-order valence-corrected chi connectivity index (χ4v) is 6.04. The number of pyridine rings is 1. The van der Waals surface area contributed by atoms with Crippen LogP contribution in [0.3, 0.4) is 0 Å². The SMILES string of the molecule is Cn1cccc1-c1ccc(C2(N[C@H]3CCN(C(=O)OC(C)(C)C)C3)CCN(c3ccc(C(F)(F)F)cc3C#N)CC2)cn1. The molecule has 8 nitrogen and oxygen atoms in total. The van der Waals surface area contributed by atoms with E-state index in [9.17, 15) is 23.2 Å². The normalized spacial score (nSPS) is 18.9. The number of aromatic nitrogens is 2. The third-order valence-corrected chi connectivity index (χ3v) is 8.24. The summed E-state index contributed by atoms with van der Waals surface area (Å²) >= 11 is 0. The molecule has 1 N–H and O–H groups in total. The number of likely N-dealkylation sites (tertiary alicyclic amines) is 1. The molecule has 2 saturated heterocycles. The first kappa shape index (κ1) is 30.4. The molecule has 0 unspecified atom stereocenters. The summed E-state index contributed by atoms with van der Waals surface area (Å²) in [5.41, 5.74) is 1.47. The molecule has 2 fully saturated rings. The van der Waals surface area contributed by atoms with Crippen molar-refractivity contribution in [1.29, 1.82) is 5.26 Å². The Kier molecular flexibility index (Phi) is 8.18. The smallest absolute Gasteiger partial charge is 0.416 e. The summed E-state index contributed by atoms with van der Waals surface area (Å²) < 4.78 is 47.5. The van der Waals surface area contributed by atoms with E-state index in [1.807, 2.05) is 73.9 Å². The van der Waals surface area contributed by atoms with Gasteiger partial charge in [0.05, 0.1) is 28.2 Å². The molecule has 2 aliphatic heterocycles. The van der Waals surface area contributed by atoms with Gasteiger partial charge >= 0.3 is 12.3 Å². The van der Waals surface area contributed by atoms with Gasteiger partial charge in [-0.05, 0) is 82.0 Å². The Morgan fingerprint density at radius 3 is 2.44 bits per heavy atom. The fourth-order valence-electron chi connectivity index (χ4n) is 6.04. The van der Waals surface area contributed by atoms with Crippen molar-refractivity contribution in [3.8, 4) is 17.5 Å². The number of hydrogen-bond donors (Lipinski definition) is 1. The van der Waals surface area contributed by atoms with Gasteiger partial charge in [0.1, 0.15) is 11.7 Å². The van der Waals surface area contributed by atoms with Crippen molar-refractivity contribution >= 4 is 11.8 Å². The summed E-state index contributed by atoms with van der Waals surface area (Å²) in [6.07, 6.45) is 1.04. The van der Waals surface area contributed by atoms with Crippen LogP contribution in [0.4, 0.5) is 23.7 Å². The first-order chi connectivity index (χ1) is 20.3. The number of carbonyl (C=O) groups excluding carboxylic acids is 1. The number of piperidine rings is 1. The maximum absolute atomic E-state index is 13.3. The molecule has 0 spiro atoms. The van der Waals surface area contributed by atoms with Crippen LogP contribution in [0, 0.1) is 11.3 Å². The van der Waals surface area contributed by atoms with Crippen LogP contribution < -0.4 is 10.2 Å². The molecule has 228 valence electrons. The van der Waals surface area contributed by atoms with Crippen LogP contribution in [0.1, 0.15) is 56.7 Å². The van der Waals surface area contributed by atoms with E-state index < -0.39 is 22.9 Å². The highest BCUT2D eigenvalue weighted by Gasteiger charge is 2.41. The molecule has 4 heterocycles. The fraction of sp³-hybridized carbons (Fsp3) is 0.469. The average molecular weight is 595 g/mol. The number of nitrogens with zero attached hydrogens (tertiary/aromatic N) is 5. The monoisotopic (exact) mass is 594 g/mol. The van der Waals surface area contributed by atoms with Crippen LogP contribution in [0.25, 0.3) is 11.4 Å². The van der Waals surface area contributed by atoms with Crippen LogP contribution in [-0.4, -0.2) is 58.4 Å². The highest BCUT2D eigenvalue weighted by atomic mass is 19.4. The molecule has 43 heavy (non-hydrogen) atoms. The topological polar surface area (TPSA) is 86.4 Å². The number of carbonyl (C=O) groups is 1. The number of rotatable bonds is 5. The van der Waals surface area contributed by atoms with Crippen LogP contribution >= 0.6 is 0 Å². The Morgan fingerprint density at radius 2 is 1.86 bits per heavy atom. The molecule has 0 radical (unpaired) electrons. The number of benzene rings is 1. The minimum atomic E-state index is -4.52. The largest absolute Gasteiger partial charge is 0.444 e. The van der Waals surface area contributed by atoms with Crippen LogP contribution in [0.15, 0.2) is 54.9 Å². The molecule has 2 aromatic heterocycles. The molecule has 0 aliphatic carbocycles. The highest BCUT2D eigenvalue weighted by Crippen LogP contribution is 2.39. The van der Waals surface area contributed by atoms with Gasteiger partial charge in [0.15, 0.2) is 0 Å². The Morgan fingerprint density at radius 1 is 1.12 bits per heavy atom. The number of nitrogens with one attached hydrogen (secondary N) is 1. The summed E-state index contributed by atoms with van der Waals surface area (Å²) in [6.45, 7) is 7.67. The first-order valence-electron chi connectivity index (χ1n) is 14.5. The minimum Gasteiger partial charge on any atom is -0.444 e. The van der Waals surface area contributed by atoms with Gasteiger partial charge in [-0.1, -0.05) is 6.07 Å². The summed E-state index contributed by atoms with van der Waals surface area (Å²) in [5.74, 6) is 0. The van der Waals surface area contributed by atoms with Crippen molar-refractivity contribution < 1.29 is 22.7 Å². The van der Waals surface area contributed by atoms with Crippen molar-refractivity contribution in [3.63, 3.8) is 0 Å². The van der Waals surface area contributed by atoms with Gasteiger partial charge in [-0.15, -0.1) is 0 Å². The number of hydrogen-bond acceptors (Lipinski definition) is 6. The lowest BCUT2D eigenvalue weighted by molar-refractivity contribution is -0.137. The lowest BCUT2D eigenvalue weighted by Crippen LogP contribution is -2.55. The average Bonchev–Trinajstić information content (AvgIpc) is 3.61. The van der Waals surface area contributed by atoms with Crippen LogP contribution in [-0.2, 0) is 23.5 Å². The Bertz CT molecular complexity index is 1490. The minimum absolute atomic E-state index is 0.00710. The number of anilines is 1. The standard InChI is InChI=1S/C32H37F3N6O2/c1-30(2,3)43-29(42)41-15-11-25(21-41)38-31(24-7-9-26(37-20-24)28-6-5-14-39(28)4)12-16-40(17-13-31)27-10-8-23(32(33,34)35)18-22(27)19-36/h5-10,14,18,20,25,38H,11-13,15-17,21H2,1-4H3/t25-/m0/s1. The van der Waals surface area contributed by atoms with Gasteiger partial charge in [-0.25, -0.2) is 4.79 Å². The van der Waals surface area contributed by atoms with Crippen LogP contribution in [0.5, 0.6) is 0 Å². The van der Waals surface area contributed by atoms with E-state index in [0.717, 1.165) is 35.5 Å². The number of nitriles is 1. The van der Waals surface area contributed by atoms with E-state index in [1.165, 1.54) is 6.07 Å². The number of aryl methyl sites for hydroxylation is 1. The van der Waals surface area contributed by atoms with Gasteiger partial charge in [0.2, 0.25) is 0 Å². The molecule has 0 saturated carbocycles. The molecule has 2 aliphatic rings. The zero-order chi connectivity index (χ0) is 31.0. The Labute approximate surface area is 250 Å². The van der Waals surface area contributed by atoms with Crippen molar-refractivity contribution in [2.75, 3.05) is 31.1 Å². The van der Waals surface area contributed by atoms with E-state index in [-0.39, 0.29) is 17.7 Å².